The fourth-order valence-corrected chi connectivity index (χ4v) is 1.05. The summed E-state index contributed by atoms with van der Waals surface area (Å²) in [5.74, 6) is 0. The molecule has 0 amide bonds. The summed E-state index contributed by atoms with van der Waals surface area (Å²) in [5, 5.41) is 0. The van der Waals surface area contributed by atoms with E-state index in [-0.39, 0.29) is 0 Å². The van der Waals surface area contributed by atoms with Gasteiger partial charge in [-0.3, -0.25) is 0 Å². The van der Waals surface area contributed by atoms with Crippen molar-refractivity contribution in [3.63, 3.8) is 0 Å². The summed E-state index contributed by atoms with van der Waals surface area (Å²) in [5.41, 5.74) is 0.952. The summed E-state index contributed by atoms with van der Waals surface area (Å²) >= 11 is 7.41. The fraction of sp³-hybridized carbons (Fsp3) is 0.167. The molecule has 0 radical (unpaired) electrons. The van der Waals surface area contributed by atoms with E-state index in [2.05, 4.69) is 33.5 Å². The average Bonchev–Trinajstić information content (AvgIpc) is 1.80. The lowest BCUT2D eigenvalue weighted by Gasteiger charge is -1.95. The molecular formula is C6H6BrNS. The van der Waals surface area contributed by atoms with Gasteiger partial charge in [0, 0.05) is 4.90 Å². The molecule has 0 aliphatic rings. The van der Waals surface area contributed by atoms with Gasteiger partial charge in [0.1, 0.15) is 4.60 Å². The predicted octanol–water partition coefficient (Wildman–Crippen LogP) is 2.44. The molecular weight excluding hydrogens is 198 g/mol. The van der Waals surface area contributed by atoms with Gasteiger partial charge < -0.3 is 0 Å². The second kappa shape index (κ2) is 2.71. The van der Waals surface area contributed by atoms with Gasteiger partial charge in [0.2, 0.25) is 0 Å². The van der Waals surface area contributed by atoms with Crippen LogP contribution in [0.5, 0.6) is 0 Å². The molecule has 1 aromatic heterocycles. The maximum Gasteiger partial charge on any atom is 0.106 e. The molecule has 48 valence electrons. The van der Waals surface area contributed by atoms with Gasteiger partial charge in [-0.05, 0) is 35.0 Å². The Hall–Kier alpha value is -0.0200. The summed E-state index contributed by atoms with van der Waals surface area (Å²) < 4.78 is 0.859. The molecule has 0 aliphatic carbocycles. The average molecular weight is 204 g/mol. The fourth-order valence-electron chi connectivity index (χ4n) is 0.523. The van der Waals surface area contributed by atoms with E-state index in [1.54, 1.807) is 0 Å². The van der Waals surface area contributed by atoms with E-state index in [0.717, 1.165) is 15.2 Å². The van der Waals surface area contributed by atoms with Crippen LogP contribution in [0, 0.1) is 6.92 Å². The van der Waals surface area contributed by atoms with Crippen LogP contribution in [-0.2, 0) is 0 Å². The van der Waals surface area contributed by atoms with Gasteiger partial charge in [0.05, 0.1) is 5.69 Å². The van der Waals surface area contributed by atoms with E-state index >= 15 is 0 Å². The maximum atomic E-state index is 4.16. The Morgan fingerprint density at radius 1 is 1.56 bits per heavy atom. The summed E-state index contributed by atoms with van der Waals surface area (Å²) in [6.45, 7) is 1.92. The summed E-state index contributed by atoms with van der Waals surface area (Å²) in [6.07, 6.45) is 0. The highest BCUT2D eigenvalue weighted by molar-refractivity contribution is 9.10. The van der Waals surface area contributed by atoms with Crippen LogP contribution < -0.4 is 0 Å². The predicted molar refractivity (Wildman–Crippen MR) is 43.9 cm³/mol. The number of nitrogens with zero attached hydrogens (tertiary/aromatic N) is 1. The molecule has 0 saturated heterocycles. The molecule has 0 unspecified atom stereocenters. The second-order valence-electron chi connectivity index (χ2n) is 1.74. The standard InChI is InChI=1S/C6H6BrNS/c1-4-5(9)2-3-6(7)8-4/h2-3,9H,1H3. The van der Waals surface area contributed by atoms with Gasteiger partial charge in [-0.2, -0.15) is 0 Å². The first kappa shape index (κ1) is 7.09. The van der Waals surface area contributed by atoms with Crippen LogP contribution >= 0.6 is 28.6 Å². The Kier molecular flexibility index (Phi) is 2.13. The van der Waals surface area contributed by atoms with Crippen molar-refractivity contribution < 1.29 is 0 Å². The summed E-state index contributed by atoms with van der Waals surface area (Å²) in [6, 6.07) is 3.78. The quantitative estimate of drug-likeness (QED) is 0.505. The summed E-state index contributed by atoms with van der Waals surface area (Å²) in [7, 11) is 0. The lowest BCUT2D eigenvalue weighted by atomic mass is 10.4. The van der Waals surface area contributed by atoms with Crippen molar-refractivity contribution in [1.82, 2.24) is 4.98 Å². The molecule has 1 nitrogen and oxygen atoms in total. The lowest BCUT2D eigenvalue weighted by molar-refractivity contribution is 1.09. The molecule has 1 heterocycles. The molecule has 1 aromatic rings. The van der Waals surface area contributed by atoms with E-state index in [1.807, 2.05) is 19.1 Å². The van der Waals surface area contributed by atoms with Crippen molar-refractivity contribution in [3.8, 4) is 0 Å². The van der Waals surface area contributed by atoms with Crippen LogP contribution in [0.3, 0.4) is 0 Å². The first-order chi connectivity index (χ1) is 4.20. The molecule has 0 aromatic carbocycles. The lowest BCUT2D eigenvalue weighted by Crippen LogP contribution is -1.81. The topological polar surface area (TPSA) is 12.9 Å². The van der Waals surface area contributed by atoms with Crippen LogP contribution in [-0.4, -0.2) is 4.98 Å². The number of hydrogen-bond acceptors (Lipinski definition) is 2. The second-order valence-corrected chi connectivity index (χ2v) is 3.03. The summed E-state index contributed by atoms with van der Waals surface area (Å²) in [4.78, 5) is 5.04. The van der Waals surface area contributed by atoms with Crippen LogP contribution in [0.25, 0.3) is 0 Å². The Bertz CT molecular complexity index is 224. The van der Waals surface area contributed by atoms with Crippen LogP contribution in [0.2, 0.25) is 0 Å². The Morgan fingerprint density at radius 3 is 2.67 bits per heavy atom. The number of hydrogen-bond donors (Lipinski definition) is 1. The molecule has 1 rings (SSSR count). The maximum absolute atomic E-state index is 4.16. The molecule has 0 fully saturated rings. The Morgan fingerprint density at radius 2 is 2.22 bits per heavy atom. The van der Waals surface area contributed by atoms with E-state index in [1.165, 1.54) is 0 Å². The van der Waals surface area contributed by atoms with Crippen LogP contribution in [0.4, 0.5) is 0 Å². The van der Waals surface area contributed by atoms with Gasteiger partial charge in [0.25, 0.3) is 0 Å². The SMILES string of the molecule is Cc1nc(Br)ccc1S. The van der Waals surface area contributed by atoms with Crippen molar-refractivity contribution >= 4 is 28.6 Å². The molecule has 0 saturated carbocycles. The number of halogens is 1. The largest absolute Gasteiger partial charge is 0.245 e. The van der Waals surface area contributed by atoms with Gasteiger partial charge in [-0.15, -0.1) is 12.6 Å². The van der Waals surface area contributed by atoms with Crippen LogP contribution in [0.15, 0.2) is 21.6 Å². The van der Waals surface area contributed by atoms with Gasteiger partial charge in [-0.25, -0.2) is 4.98 Å². The monoisotopic (exact) mass is 203 g/mol. The van der Waals surface area contributed by atoms with E-state index in [0.29, 0.717) is 0 Å². The van der Waals surface area contributed by atoms with Crippen molar-refractivity contribution in [3.05, 3.63) is 22.4 Å². The highest BCUT2D eigenvalue weighted by Gasteiger charge is 1.92. The number of rotatable bonds is 0. The molecule has 0 atom stereocenters. The van der Waals surface area contributed by atoms with Crippen molar-refractivity contribution in [2.24, 2.45) is 0 Å². The van der Waals surface area contributed by atoms with E-state index in [9.17, 15) is 0 Å². The third-order valence-electron chi connectivity index (χ3n) is 1.02. The Labute approximate surface area is 68.0 Å². The number of thiol groups is 1. The van der Waals surface area contributed by atoms with Crippen molar-refractivity contribution in [2.45, 2.75) is 11.8 Å². The zero-order valence-electron chi connectivity index (χ0n) is 4.93. The van der Waals surface area contributed by atoms with Crippen molar-refractivity contribution in [1.29, 1.82) is 0 Å². The van der Waals surface area contributed by atoms with Crippen molar-refractivity contribution in [2.75, 3.05) is 0 Å². The first-order valence-electron chi connectivity index (χ1n) is 2.52. The van der Waals surface area contributed by atoms with Gasteiger partial charge in [-0.1, -0.05) is 0 Å². The Balaban J connectivity index is 3.17. The minimum Gasteiger partial charge on any atom is -0.245 e. The molecule has 3 heteroatoms. The third kappa shape index (κ3) is 1.69. The smallest absolute Gasteiger partial charge is 0.106 e. The van der Waals surface area contributed by atoms with E-state index in [4.69, 9.17) is 0 Å². The zero-order valence-corrected chi connectivity index (χ0v) is 7.41. The minimum atomic E-state index is 0.859. The number of aromatic nitrogens is 1. The highest BCUT2D eigenvalue weighted by Crippen LogP contribution is 2.13. The zero-order chi connectivity index (χ0) is 6.85. The highest BCUT2D eigenvalue weighted by atomic mass is 79.9. The van der Waals surface area contributed by atoms with Crippen LogP contribution in [0.1, 0.15) is 5.69 Å². The normalized spacial score (nSPS) is 9.67. The molecule has 0 aliphatic heterocycles. The number of aryl methyl sites for hydroxylation is 1. The molecule has 0 N–H and O–H groups in total. The third-order valence-corrected chi connectivity index (χ3v) is 1.94. The van der Waals surface area contributed by atoms with Gasteiger partial charge in [0.15, 0.2) is 0 Å². The number of pyridine rings is 1. The first-order valence-corrected chi connectivity index (χ1v) is 3.76. The molecule has 9 heavy (non-hydrogen) atoms. The molecule has 0 bridgehead atoms. The molecule has 0 spiro atoms. The minimum absolute atomic E-state index is 0.859. The van der Waals surface area contributed by atoms with Gasteiger partial charge >= 0.3 is 0 Å². The van der Waals surface area contributed by atoms with E-state index < -0.39 is 0 Å².